The summed E-state index contributed by atoms with van der Waals surface area (Å²) in [4.78, 5) is 9.33. The van der Waals surface area contributed by atoms with Gasteiger partial charge in [0.25, 0.3) is 0 Å². The van der Waals surface area contributed by atoms with E-state index in [4.69, 9.17) is 9.40 Å². The minimum Gasteiger partial charge on any atom is -0.476 e. The van der Waals surface area contributed by atoms with Gasteiger partial charge in [0.1, 0.15) is 5.58 Å². The van der Waals surface area contributed by atoms with E-state index in [1.807, 2.05) is 66.9 Å². The van der Waals surface area contributed by atoms with E-state index < -0.39 is 0 Å². The predicted molar refractivity (Wildman–Crippen MR) is 253 cm³/mol. The Bertz CT molecular complexity index is 3510. The molecular formula is C58H36IrN2O-2. The van der Waals surface area contributed by atoms with Crippen LogP contribution in [0.3, 0.4) is 0 Å². The molecule has 3 aromatic heterocycles. The van der Waals surface area contributed by atoms with Crippen LogP contribution >= 0.6 is 0 Å². The number of aromatic nitrogens is 2. The molecule has 3 nitrogen and oxygen atoms in total. The molecule has 0 bridgehead atoms. The molecule has 9 aromatic carbocycles. The maximum Gasteiger partial charge on any atom is 0.132 e. The fraction of sp³-hybridized carbons (Fsp3) is 0. The minimum atomic E-state index is 0. The molecule has 0 spiro atoms. The Morgan fingerprint density at radius 1 is 0.403 bits per heavy atom. The Balaban J connectivity index is 0.000000146. The van der Waals surface area contributed by atoms with E-state index in [-0.39, 0.29) is 20.1 Å². The van der Waals surface area contributed by atoms with Crippen LogP contribution in [0.15, 0.2) is 223 Å². The second-order valence-electron chi connectivity index (χ2n) is 15.2. The Morgan fingerprint density at radius 3 is 1.79 bits per heavy atom. The molecule has 0 saturated heterocycles. The molecule has 0 aliphatic heterocycles. The van der Waals surface area contributed by atoms with Crippen LogP contribution in [0, 0.1) is 12.1 Å². The fourth-order valence-electron chi connectivity index (χ4n) is 8.27. The van der Waals surface area contributed by atoms with Crippen LogP contribution in [0.5, 0.6) is 0 Å². The molecule has 0 N–H and O–H groups in total. The van der Waals surface area contributed by atoms with Gasteiger partial charge in [-0.3, -0.25) is 4.98 Å². The van der Waals surface area contributed by atoms with Gasteiger partial charge in [-0.05, 0) is 83.8 Å². The van der Waals surface area contributed by atoms with Gasteiger partial charge in [-0.1, -0.05) is 175 Å². The monoisotopic (exact) mass is 969 g/mol. The third kappa shape index (κ3) is 7.48. The van der Waals surface area contributed by atoms with Crippen molar-refractivity contribution in [2.45, 2.75) is 0 Å². The van der Waals surface area contributed by atoms with E-state index in [9.17, 15) is 0 Å². The molecule has 0 aliphatic carbocycles. The average molecular weight is 969 g/mol. The largest absolute Gasteiger partial charge is 0.476 e. The number of rotatable bonds is 5. The zero-order valence-corrected chi connectivity index (χ0v) is 35.8. The molecule has 0 amide bonds. The van der Waals surface area contributed by atoms with Crippen LogP contribution in [0.1, 0.15) is 0 Å². The predicted octanol–water partition coefficient (Wildman–Crippen LogP) is 15.5. The van der Waals surface area contributed by atoms with Crippen LogP contribution in [0.25, 0.3) is 110 Å². The van der Waals surface area contributed by atoms with E-state index >= 15 is 0 Å². The topological polar surface area (TPSA) is 38.9 Å². The fourth-order valence-corrected chi connectivity index (χ4v) is 8.27. The molecule has 0 unspecified atom stereocenters. The van der Waals surface area contributed by atoms with Crippen molar-refractivity contribution in [3.8, 4) is 55.9 Å². The Kier molecular flexibility index (Phi) is 10.5. The zero-order chi connectivity index (χ0) is 40.5. The summed E-state index contributed by atoms with van der Waals surface area (Å²) in [5.74, 6) is 0. The smallest absolute Gasteiger partial charge is 0.132 e. The maximum atomic E-state index is 6.48. The molecule has 0 aliphatic rings. The molecule has 295 valence electrons. The third-order valence-electron chi connectivity index (χ3n) is 11.4. The van der Waals surface area contributed by atoms with Crippen molar-refractivity contribution in [1.29, 1.82) is 0 Å². The summed E-state index contributed by atoms with van der Waals surface area (Å²) in [5, 5.41) is 8.11. The summed E-state index contributed by atoms with van der Waals surface area (Å²) in [6.45, 7) is 0. The van der Waals surface area contributed by atoms with Gasteiger partial charge in [-0.2, -0.15) is 0 Å². The number of furan rings is 1. The first-order chi connectivity index (χ1) is 30.2. The van der Waals surface area contributed by atoms with E-state index in [2.05, 4.69) is 169 Å². The van der Waals surface area contributed by atoms with Crippen molar-refractivity contribution in [2.75, 3.05) is 0 Å². The van der Waals surface area contributed by atoms with Gasteiger partial charge in [0, 0.05) is 31.7 Å². The molecule has 0 atom stereocenters. The van der Waals surface area contributed by atoms with Crippen LogP contribution < -0.4 is 0 Å². The number of hydrogen-bond acceptors (Lipinski definition) is 3. The summed E-state index contributed by atoms with van der Waals surface area (Å²) in [6.07, 6.45) is 1.86. The van der Waals surface area contributed by atoms with E-state index in [1.165, 1.54) is 44.0 Å². The summed E-state index contributed by atoms with van der Waals surface area (Å²) in [5.41, 5.74) is 13.8. The van der Waals surface area contributed by atoms with Gasteiger partial charge in [0.15, 0.2) is 0 Å². The van der Waals surface area contributed by atoms with Crippen LogP contribution in [0.4, 0.5) is 0 Å². The first-order valence-corrected chi connectivity index (χ1v) is 20.5. The number of fused-ring (bicyclic) bond motifs is 8. The van der Waals surface area contributed by atoms with Crippen molar-refractivity contribution in [3.63, 3.8) is 0 Å². The Hall–Kier alpha value is -7.49. The first-order valence-electron chi connectivity index (χ1n) is 20.5. The molecular weight excluding hydrogens is 933 g/mol. The van der Waals surface area contributed by atoms with Crippen molar-refractivity contribution in [2.24, 2.45) is 0 Å². The van der Waals surface area contributed by atoms with Gasteiger partial charge in [-0.25, -0.2) is 0 Å². The standard InChI is InChI=1S/C29H16NO.C29H20N.Ir/c1-3-7-22-18(5-1)9-10-20-11-15-24-23-14-12-21(17-27(23)31-29(24)28(20)22)26-16-13-19-6-2-4-8-25(19)30-26;1-3-7-22(8-4-1)23-11-13-24(14-12-23)25-15-17-26(18-16-25)28-19-20-30-29(21-28)27-9-5-2-6-10-27;/h1-11,13-17H;1-9,11-21H;/q2*-1;. The number of benzene rings is 9. The minimum absolute atomic E-state index is 0. The van der Waals surface area contributed by atoms with Crippen LogP contribution in [-0.2, 0) is 20.1 Å². The third-order valence-corrected chi connectivity index (χ3v) is 11.4. The molecule has 62 heavy (non-hydrogen) atoms. The molecule has 12 rings (SSSR count). The molecule has 12 aromatic rings. The zero-order valence-electron chi connectivity index (χ0n) is 33.4. The van der Waals surface area contributed by atoms with Gasteiger partial charge >= 0.3 is 0 Å². The Morgan fingerprint density at radius 2 is 1.03 bits per heavy atom. The average Bonchev–Trinajstić information content (AvgIpc) is 3.73. The maximum absolute atomic E-state index is 6.48. The molecule has 0 fully saturated rings. The first kappa shape index (κ1) is 38.7. The van der Waals surface area contributed by atoms with Gasteiger partial charge in [0.05, 0.1) is 11.1 Å². The summed E-state index contributed by atoms with van der Waals surface area (Å²) in [6, 6.07) is 80.3. The van der Waals surface area contributed by atoms with Crippen molar-refractivity contribution >= 4 is 54.4 Å². The quantitative estimate of drug-likeness (QED) is 0.127. The van der Waals surface area contributed by atoms with Crippen LogP contribution in [0.2, 0.25) is 0 Å². The summed E-state index contributed by atoms with van der Waals surface area (Å²) < 4.78 is 6.48. The van der Waals surface area contributed by atoms with Gasteiger partial charge in [0.2, 0.25) is 0 Å². The number of hydrogen-bond donors (Lipinski definition) is 0. The summed E-state index contributed by atoms with van der Waals surface area (Å²) >= 11 is 0. The molecule has 1 radical (unpaired) electrons. The van der Waals surface area contributed by atoms with E-state index in [1.54, 1.807) is 0 Å². The number of nitrogens with zero attached hydrogens (tertiary/aromatic N) is 2. The van der Waals surface area contributed by atoms with Gasteiger partial charge < -0.3 is 9.40 Å². The molecule has 4 heteroatoms. The molecule has 0 saturated carbocycles. The van der Waals surface area contributed by atoms with Crippen molar-refractivity contribution in [1.82, 2.24) is 9.97 Å². The van der Waals surface area contributed by atoms with Gasteiger partial charge in [-0.15, -0.1) is 53.6 Å². The summed E-state index contributed by atoms with van der Waals surface area (Å²) in [7, 11) is 0. The second-order valence-corrected chi connectivity index (χ2v) is 15.2. The number of pyridine rings is 2. The van der Waals surface area contributed by atoms with E-state index in [0.717, 1.165) is 66.3 Å². The van der Waals surface area contributed by atoms with Crippen LogP contribution in [-0.4, -0.2) is 9.97 Å². The SMILES string of the molecule is [Ir].[c-]1cc2c(cc1-c1ccc3ccccc3n1)oc1c2ccc2ccc3ccccc3c21.[c-]1ccccc1-c1cc(-c2ccc(-c3ccc(-c4ccccc4)cc3)cc2)ccn1. The second kappa shape index (κ2) is 16.9. The Labute approximate surface area is 373 Å². The number of para-hydroxylation sites is 1. The van der Waals surface area contributed by atoms with Crippen molar-refractivity contribution in [3.05, 3.63) is 231 Å². The van der Waals surface area contributed by atoms with Crippen molar-refractivity contribution < 1.29 is 24.5 Å². The normalized spacial score (nSPS) is 11.1. The van der Waals surface area contributed by atoms with E-state index in [0.29, 0.717) is 0 Å². The molecule has 3 heterocycles.